The molecule has 1 heterocycles. The third-order valence-corrected chi connectivity index (χ3v) is 3.82. The zero-order valence-electron chi connectivity index (χ0n) is 10.3. The van der Waals surface area contributed by atoms with Gasteiger partial charge in [-0.3, -0.25) is 10.1 Å². The third-order valence-electron chi connectivity index (χ3n) is 2.88. The van der Waals surface area contributed by atoms with Crippen LogP contribution in [-0.4, -0.2) is 29.6 Å². The Morgan fingerprint density at radius 3 is 2.89 bits per heavy atom. The van der Waals surface area contributed by atoms with Crippen LogP contribution in [0.5, 0.6) is 0 Å². The van der Waals surface area contributed by atoms with Gasteiger partial charge in [-0.15, -0.1) is 11.8 Å². The molecule has 2 N–H and O–H groups in total. The maximum Gasteiger partial charge on any atom is 0.238 e. The molecule has 5 heteroatoms. The van der Waals surface area contributed by atoms with Gasteiger partial charge in [0.15, 0.2) is 0 Å². The summed E-state index contributed by atoms with van der Waals surface area (Å²) in [6, 6.07) is 6.36. The molecule has 1 aromatic carbocycles. The third kappa shape index (κ3) is 3.71. The average molecular weight is 268 g/mol. The molecular formula is C13H17FN2OS. The Balaban J connectivity index is 1.82. The largest absolute Gasteiger partial charge is 0.352 e. The molecule has 0 aliphatic carbocycles. The Bertz CT molecular complexity index is 404. The van der Waals surface area contributed by atoms with Crippen molar-refractivity contribution < 1.29 is 9.18 Å². The zero-order chi connectivity index (χ0) is 13.0. The van der Waals surface area contributed by atoms with Crippen molar-refractivity contribution in [2.24, 2.45) is 0 Å². The van der Waals surface area contributed by atoms with Crippen molar-refractivity contribution in [1.29, 1.82) is 0 Å². The van der Waals surface area contributed by atoms with Gasteiger partial charge in [0.25, 0.3) is 0 Å². The summed E-state index contributed by atoms with van der Waals surface area (Å²) in [6.45, 7) is 1.96. The van der Waals surface area contributed by atoms with Crippen molar-refractivity contribution in [3.8, 4) is 0 Å². The fourth-order valence-electron chi connectivity index (χ4n) is 1.93. The summed E-state index contributed by atoms with van der Waals surface area (Å²) >= 11 is 1.73. The lowest BCUT2D eigenvalue weighted by molar-refractivity contribution is -0.123. The van der Waals surface area contributed by atoms with E-state index in [2.05, 4.69) is 10.6 Å². The Hall–Kier alpha value is -1.07. The van der Waals surface area contributed by atoms with E-state index >= 15 is 0 Å². The van der Waals surface area contributed by atoms with Crippen LogP contribution < -0.4 is 10.6 Å². The van der Waals surface area contributed by atoms with Gasteiger partial charge in [-0.25, -0.2) is 4.39 Å². The van der Waals surface area contributed by atoms with Crippen LogP contribution in [0.25, 0.3) is 0 Å². The van der Waals surface area contributed by atoms with E-state index in [0.717, 1.165) is 17.2 Å². The molecule has 1 saturated heterocycles. The van der Waals surface area contributed by atoms with Crippen LogP contribution in [0.2, 0.25) is 0 Å². The first-order valence-corrected chi connectivity index (χ1v) is 7.16. The summed E-state index contributed by atoms with van der Waals surface area (Å²) in [5, 5.41) is 6.11. The molecule has 1 amide bonds. The normalized spacial score (nSPS) is 20.7. The van der Waals surface area contributed by atoms with Crippen molar-refractivity contribution in [2.75, 3.05) is 11.6 Å². The number of nitrogens with one attached hydrogen (secondary N) is 2. The molecule has 1 aliphatic rings. The van der Waals surface area contributed by atoms with Gasteiger partial charge in [-0.05, 0) is 31.0 Å². The number of amides is 1. The average Bonchev–Trinajstić information content (AvgIpc) is 2.85. The van der Waals surface area contributed by atoms with E-state index in [-0.39, 0.29) is 23.8 Å². The van der Waals surface area contributed by atoms with Gasteiger partial charge in [0.05, 0.1) is 6.04 Å². The maximum absolute atomic E-state index is 12.8. The molecule has 0 radical (unpaired) electrons. The van der Waals surface area contributed by atoms with Gasteiger partial charge in [-0.2, -0.15) is 0 Å². The Morgan fingerprint density at radius 1 is 1.56 bits per heavy atom. The quantitative estimate of drug-likeness (QED) is 0.870. The molecule has 1 unspecified atom stereocenters. The maximum atomic E-state index is 12.8. The molecule has 2 rings (SSSR count). The minimum absolute atomic E-state index is 0.0506. The topological polar surface area (TPSA) is 41.1 Å². The molecule has 1 aromatic rings. The fourth-order valence-corrected chi connectivity index (χ4v) is 2.87. The number of carbonyl (C=O) groups excluding carboxylic acids is 1. The van der Waals surface area contributed by atoms with Crippen molar-refractivity contribution in [3.05, 3.63) is 35.6 Å². The molecule has 1 fully saturated rings. The Morgan fingerprint density at radius 2 is 2.28 bits per heavy atom. The van der Waals surface area contributed by atoms with E-state index in [1.165, 1.54) is 12.1 Å². The highest BCUT2D eigenvalue weighted by Gasteiger charge is 2.23. The number of carbonyl (C=O) groups is 1. The summed E-state index contributed by atoms with van der Waals surface area (Å²) in [5.41, 5.74) is 1.03. The van der Waals surface area contributed by atoms with Gasteiger partial charge in [0.1, 0.15) is 5.82 Å². The minimum Gasteiger partial charge on any atom is -0.352 e. The number of hydrogen-bond donors (Lipinski definition) is 2. The molecule has 0 aromatic heterocycles. The standard InChI is InChI=1S/C13H17FN2OS/c1-9(6-10-2-4-11(14)5-3-10)16-13(17)12-7-18-8-15-12/h2-5,9,12,15H,6-8H2,1H3,(H,16,17)/t9?,12-/m1/s1. The van der Waals surface area contributed by atoms with Crippen LogP contribution >= 0.6 is 11.8 Å². The van der Waals surface area contributed by atoms with E-state index in [9.17, 15) is 9.18 Å². The monoisotopic (exact) mass is 268 g/mol. The van der Waals surface area contributed by atoms with E-state index in [1.54, 1.807) is 23.9 Å². The molecule has 2 atom stereocenters. The smallest absolute Gasteiger partial charge is 0.238 e. The highest BCUT2D eigenvalue weighted by atomic mass is 32.2. The molecule has 0 bridgehead atoms. The summed E-state index contributed by atoms with van der Waals surface area (Å²) in [4.78, 5) is 11.9. The van der Waals surface area contributed by atoms with E-state index in [0.29, 0.717) is 6.42 Å². The zero-order valence-corrected chi connectivity index (χ0v) is 11.1. The molecule has 0 spiro atoms. The van der Waals surface area contributed by atoms with E-state index in [1.807, 2.05) is 6.92 Å². The lowest BCUT2D eigenvalue weighted by Crippen LogP contribution is -2.46. The van der Waals surface area contributed by atoms with Gasteiger partial charge in [0, 0.05) is 17.7 Å². The highest BCUT2D eigenvalue weighted by Crippen LogP contribution is 2.10. The second-order valence-electron chi connectivity index (χ2n) is 4.51. The van der Waals surface area contributed by atoms with Gasteiger partial charge in [0.2, 0.25) is 5.91 Å². The fraction of sp³-hybridized carbons (Fsp3) is 0.462. The van der Waals surface area contributed by atoms with Crippen LogP contribution in [0.3, 0.4) is 0 Å². The molecular weight excluding hydrogens is 251 g/mol. The molecule has 18 heavy (non-hydrogen) atoms. The van der Waals surface area contributed by atoms with E-state index < -0.39 is 0 Å². The van der Waals surface area contributed by atoms with Crippen LogP contribution in [0.1, 0.15) is 12.5 Å². The molecule has 0 saturated carbocycles. The molecule has 1 aliphatic heterocycles. The van der Waals surface area contributed by atoms with Crippen molar-refractivity contribution in [3.63, 3.8) is 0 Å². The predicted molar refractivity (Wildman–Crippen MR) is 72.0 cm³/mol. The predicted octanol–water partition coefficient (Wildman–Crippen LogP) is 1.54. The summed E-state index contributed by atoms with van der Waals surface area (Å²) < 4.78 is 12.8. The Labute approximate surface area is 111 Å². The van der Waals surface area contributed by atoms with Gasteiger partial charge >= 0.3 is 0 Å². The second-order valence-corrected chi connectivity index (χ2v) is 5.54. The van der Waals surface area contributed by atoms with Crippen LogP contribution in [0.15, 0.2) is 24.3 Å². The SMILES string of the molecule is CC(Cc1ccc(F)cc1)NC(=O)[C@H]1CSCN1. The summed E-state index contributed by atoms with van der Waals surface area (Å²) in [7, 11) is 0. The first kappa shape index (κ1) is 13.4. The lowest BCUT2D eigenvalue weighted by atomic mass is 10.1. The van der Waals surface area contributed by atoms with Gasteiger partial charge in [-0.1, -0.05) is 12.1 Å². The second kappa shape index (κ2) is 6.20. The van der Waals surface area contributed by atoms with Crippen molar-refractivity contribution in [1.82, 2.24) is 10.6 Å². The number of benzene rings is 1. The molecule has 3 nitrogen and oxygen atoms in total. The summed E-state index contributed by atoms with van der Waals surface area (Å²) in [6.07, 6.45) is 0.714. The van der Waals surface area contributed by atoms with Crippen molar-refractivity contribution >= 4 is 17.7 Å². The van der Waals surface area contributed by atoms with Crippen LogP contribution in [0.4, 0.5) is 4.39 Å². The van der Waals surface area contributed by atoms with Crippen LogP contribution in [0, 0.1) is 5.82 Å². The van der Waals surface area contributed by atoms with Crippen LogP contribution in [-0.2, 0) is 11.2 Å². The summed E-state index contributed by atoms with van der Waals surface area (Å²) in [5.74, 6) is 1.48. The number of hydrogen-bond acceptors (Lipinski definition) is 3. The van der Waals surface area contributed by atoms with Gasteiger partial charge < -0.3 is 5.32 Å². The highest BCUT2D eigenvalue weighted by molar-refractivity contribution is 7.99. The minimum atomic E-state index is -0.234. The lowest BCUT2D eigenvalue weighted by Gasteiger charge is -2.17. The van der Waals surface area contributed by atoms with E-state index in [4.69, 9.17) is 0 Å². The first-order chi connectivity index (χ1) is 8.65. The van der Waals surface area contributed by atoms with Crippen molar-refractivity contribution in [2.45, 2.75) is 25.4 Å². The molecule has 98 valence electrons. The Kier molecular flexibility index (Phi) is 4.60. The number of thioether (sulfide) groups is 1. The number of halogens is 1. The number of rotatable bonds is 4. The first-order valence-electron chi connectivity index (χ1n) is 6.01.